The van der Waals surface area contributed by atoms with Crippen molar-refractivity contribution in [2.24, 2.45) is 5.92 Å². The van der Waals surface area contributed by atoms with Crippen molar-refractivity contribution in [2.45, 2.75) is 38.5 Å². The molecule has 1 aliphatic rings. The number of anilines is 2. The van der Waals surface area contributed by atoms with Crippen LogP contribution in [0.1, 0.15) is 48.9 Å². The average Bonchev–Trinajstić information content (AvgIpc) is 2.92. The van der Waals surface area contributed by atoms with Crippen LogP contribution in [0.15, 0.2) is 36.5 Å². The van der Waals surface area contributed by atoms with Gasteiger partial charge >= 0.3 is 0 Å². The lowest BCUT2D eigenvalue weighted by Gasteiger charge is -2.15. The van der Waals surface area contributed by atoms with Gasteiger partial charge < -0.3 is 5.32 Å². The van der Waals surface area contributed by atoms with Gasteiger partial charge in [-0.2, -0.15) is 0 Å². The third kappa shape index (κ3) is 6.40. The fourth-order valence-corrected chi connectivity index (χ4v) is 5.09. The monoisotopic (exact) mass is 439 g/mol. The number of benzene rings is 1. The molecule has 0 spiro atoms. The summed E-state index contributed by atoms with van der Waals surface area (Å²) in [6.07, 6.45) is 7.61. The standard InChI is InChI=1S/C20H23ClFN3O3S/c21-17-12-16(7-8-18(17)22)24-20(26)15-9-10-23-19(11-15)25-29(27,28)13-14-5-3-1-2-4-6-14/h7-12,14H,1-6,13H2,(H,23,25)(H,24,26). The first-order valence-electron chi connectivity index (χ1n) is 9.55. The van der Waals surface area contributed by atoms with Crippen molar-refractivity contribution in [3.8, 4) is 0 Å². The van der Waals surface area contributed by atoms with E-state index in [9.17, 15) is 17.6 Å². The van der Waals surface area contributed by atoms with E-state index in [0.29, 0.717) is 5.69 Å². The van der Waals surface area contributed by atoms with Gasteiger partial charge in [0.25, 0.3) is 5.91 Å². The molecule has 0 bridgehead atoms. The number of sulfonamides is 1. The highest BCUT2D eigenvalue weighted by atomic mass is 35.5. The molecule has 0 aliphatic heterocycles. The Hall–Kier alpha value is -2.19. The minimum Gasteiger partial charge on any atom is -0.322 e. The highest BCUT2D eigenvalue weighted by molar-refractivity contribution is 7.92. The molecule has 1 aromatic carbocycles. The number of halogens is 2. The van der Waals surface area contributed by atoms with E-state index in [2.05, 4.69) is 15.0 Å². The van der Waals surface area contributed by atoms with Crippen molar-refractivity contribution >= 4 is 39.0 Å². The molecule has 1 amide bonds. The third-order valence-corrected chi connectivity index (χ3v) is 6.61. The molecule has 1 aromatic heterocycles. The summed E-state index contributed by atoms with van der Waals surface area (Å²) in [7, 11) is -3.57. The Bertz CT molecular complexity index is 977. The highest BCUT2D eigenvalue weighted by Crippen LogP contribution is 2.25. The maximum absolute atomic E-state index is 13.2. The van der Waals surface area contributed by atoms with Crippen molar-refractivity contribution in [3.05, 3.63) is 52.9 Å². The Labute approximate surface area is 174 Å². The largest absolute Gasteiger partial charge is 0.322 e. The number of carbonyl (C=O) groups excluding carboxylic acids is 1. The lowest BCUT2D eigenvalue weighted by atomic mass is 10.0. The molecule has 1 heterocycles. The first-order chi connectivity index (χ1) is 13.8. The van der Waals surface area contributed by atoms with Crippen molar-refractivity contribution < 1.29 is 17.6 Å². The number of hydrogen-bond donors (Lipinski definition) is 2. The van der Waals surface area contributed by atoms with Gasteiger partial charge in [0.05, 0.1) is 10.8 Å². The van der Waals surface area contributed by atoms with Crippen LogP contribution in [0, 0.1) is 11.7 Å². The number of nitrogens with one attached hydrogen (secondary N) is 2. The fraction of sp³-hybridized carbons (Fsp3) is 0.400. The lowest BCUT2D eigenvalue weighted by Crippen LogP contribution is -2.23. The molecule has 1 fully saturated rings. The smallest absolute Gasteiger partial charge is 0.255 e. The zero-order chi connectivity index (χ0) is 20.9. The molecule has 0 saturated heterocycles. The first kappa shape index (κ1) is 21.5. The van der Waals surface area contributed by atoms with Gasteiger partial charge in [0.2, 0.25) is 10.0 Å². The second-order valence-electron chi connectivity index (χ2n) is 7.25. The van der Waals surface area contributed by atoms with Gasteiger partial charge in [-0.1, -0.05) is 37.3 Å². The number of nitrogens with zero attached hydrogens (tertiary/aromatic N) is 1. The molecule has 3 rings (SSSR count). The second-order valence-corrected chi connectivity index (χ2v) is 9.43. The topological polar surface area (TPSA) is 88.2 Å². The van der Waals surface area contributed by atoms with Gasteiger partial charge in [-0.3, -0.25) is 9.52 Å². The quantitative estimate of drug-likeness (QED) is 0.630. The summed E-state index contributed by atoms with van der Waals surface area (Å²) in [5.74, 6) is -0.787. The number of rotatable bonds is 6. The summed E-state index contributed by atoms with van der Waals surface area (Å²) < 4.78 is 40.8. The number of amides is 1. The van der Waals surface area contributed by atoms with Crippen molar-refractivity contribution in [1.29, 1.82) is 0 Å². The van der Waals surface area contributed by atoms with E-state index < -0.39 is 21.7 Å². The molecule has 0 unspecified atom stereocenters. The van der Waals surface area contributed by atoms with E-state index in [4.69, 9.17) is 11.6 Å². The number of pyridine rings is 1. The van der Waals surface area contributed by atoms with E-state index in [1.807, 2.05) is 0 Å². The van der Waals surface area contributed by atoms with Crippen molar-refractivity contribution in [3.63, 3.8) is 0 Å². The van der Waals surface area contributed by atoms with Crippen molar-refractivity contribution in [2.75, 3.05) is 15.8 Å². The van der Waals surface area contributed by atoms with Crippen LogP contribution in [-0.2, 0) is 10.0 Å². The normalized spacial score (nSPS) is 15.5. The maximum Gasteiger partial charge on any atom is 0.255 e. The van der Waals surface area contributed by atoms with E-state index in [0.717, 1.165) is 44.6 Å². The number of hydrogen-bond acceptors (Lipinski definition) is 4. The molecule has 6 nitrogen and oxygen atoms in total. The van der Waals surface area contributed by atoms with Crippen LogP contribution < -0.4 is 10.0 Å². The van der Waals surface area contributed by atoms with E-state index in [1.165, 1.54) is 30.5 Å². The van der Waals surface area contributed by atoms with Gasteiger partial charge in [0.1, 0.15) is 11.6 Å². The summed E-state index contributed by atoms with van der Waals surface area (Å²) in [6, 6.07) is 6.66. The van der Waals surface area contributed by atoms with Crippen LogP contribution in [-0.4, -0.2) is 25.1 Å². The molecular weight excluding hydrogens is 417 g/mol. The van der Waals surface area contributed by atoms with Gasteiger partial charge in [0.15, 0.2) is 0 Å². The van der Waals surface area contributed by atoms with Crippen LogP contribution in [0.5, 0.6) is 0 Å². The zero-order valence-electron chi connectivity index (χ0n) is 15.8. The summed E-state index contributed by atoms with van der Waals surface area (Å²) >= 11 is 5.72. The van der Waals surface area contributed by atoms with E-state index in [1.54, 1.807) is 0 Å². The predicted octanol–water partition coefficient (Wildman–Crippen LogP) is 4.84. The molecule has 156 valence electrons. The molecular formula is C20H23ClFN3O3S. The van der Waals surface area contributed by atoms with Crippen LogP contribution in [0.2, 0.25) is 5.02 Å². The Morgan fingerprint density at radius 1 is 1.14 bits per heavy atom. The molecule has 0 atom stereocenters. The van der Waals surface area contributed by atoms with Gasteiger partial charge in [-0.25, -0.2) is 17.8 Å². The molecule has 2 aromatic rings. The predicted molar refractivity (Wildman–Crippen MR) is 112 cm³/mol. The van der Waals surface area contributed by atoms with Gasteiger partial charge in [0, 0.05) is 17.4 Å². The molecule has 0 radical (unpaired) electrons. The van der Waals surface area contributed by atoms with E-state index >= 15 is 0 Å². The minimum absolute atomic E-state index is 0.0547. The summed E-state index contributed by atoms with van der Waals surface area (Å²) in [6.45, 7) is 0. The zero-order valence-corrected chi connectivity index (χ0v) is 17.4. The Balaban J connectivity index is 1.66. The van der Waals surface area contributed by atoms with Crippen LogP contribution in [0.3, 0.4) is 0 Å². The average molecular weight is 440 g/mol. The first-order valence-corrected chi connectivity index (χ1v) is 11.6. The van der Waals surface area contributed by atoms with Crippen LogP contribution in [0.4, 0.5) is 15.9 Å². The molecule has 2 N–H and O–H groups in total. The number of aromatic nitrogens is 1. The molecule has 1 saturated carbocycles. The molecule has 9 heteroatoms. The molecule has 29 heavy (non-hydrogen) atoms. The Morgan fingerprint density at radius 2 is 1.86 bits per heavy atom. The van der Waals surface area contributed by atoms with Crippen LogP contribution >= 0.6 is 11.6 Å². The highest BCUT2D eigenvalue weighted by Gasteiger charge is 2.21. The SMILES string of the molecule is O=C(Nc1ccc(F)c(Cl)c1)c1ccnc(NS(=O)(=O)CC2CCCCCC2)c1. The van der Waals surface area contributed by atoms with Gasteiger partial charge in [-0.15, -0.1) is 0 Å². The maximum atomic E-state index is 13.2. The Kier molecular flexibility index (Phi) is 7.08. The van der Waals surface area contributed by atoms with Gasteiger partial charge in [-0.05, 0) is 49.1 Å². The third-order valence-electron chi connectivity index (χ3n) is 4.89. The molecule has 1 aliphatic carbocycles. The minimum atomic E-state index is -3.57. The summed E-state index contributed by atoms with van der Waals surface area (Å²) in [5, 5.41) is 2.49. The number of carbonyl (C=O) groups is 1. The van der Waals surface area contributed by atoms with Crippen molar-refractivity contribution in [1.82, 2.24) is 4.98 Å². The van der Waals surface area contributed by atoms with E-state index in [-0.39, 0.29) is 28.1 Å². The summed E-state index contributed by atoms with van der Waals surface area (Å²) in [5.41, 5.74) is 0.543. The second kappa shape index (κ2) is 9.54. The van der Waals surface area contributed by atoms with Crippen LogP contribution in [0.25, 0.3) is 0 Å². The fourth-order valence-electron chi connectivity index (χ4n) is 3.45. The summed E-state index contributed by atoms with van der Waals surface area (Å²) in [4.78, 5) is 16.4. The lowest BCUT2D eigenvalue weighted by molar-refractivity contribution is 0.102. The Morgan fingerprint density at radius 3 is 2.55 bits per heavy atom.